The maximum atomic E-state index is 11.8. The molecule has 0 unspecified atom stereocenters. The van der Waals surface area contributed by atoms with Crippen molar-refractivity contribution in [1.29, 1.82) is 5.26 Å². The van der Waals surface area contributed by atoms with Crippen molar-refractivity contribution in [2.45, 2.75) is 6.42 Å². The standard InChI is InChI=1S/C16H15N3O2/c17-10-9-12-1-5-14(6-2-12)19-16(20)11-21-15-7-3-13(18)4-8-15/h1-8H,9,11,18H2,(H,19,20). The number of nitrogens with one attached hydrogen (secondary N) is 1. The molecule has 0 atom stereocenters. The third-order valence-corrected chi connectivity index (χ3v) is 2.77. The van der Waals surface area contributed by atoms with Crippen molar-refractivity contribution >= 4 is 17.3 Å². The van der Waals surface area contributed by atoms with Crippen LogP contribution in [0, 0.1) is 11.3 Å². The Bertz CT molecular complexity index is 643. The highest BCUT2D eigenvalue weighted by Gasteiger charge is 2.04. The van der Waals surface area contributed by atoms with E-state index < -0.39 is 0 Å². The average Bonchev–Trinajstić information content (AvgIpc) is 2.49. The first-order valence-corrected chi connectivity index (χ1v) is 6.41. The van der Waals surface area contributed by atoms with E-state index in [9.17, 15) is 4.79 Å². The number of nitrogens with zero attached hydrogens (tertiary/aromatic N) is 1. The van der Waals surface area contributed by atoms with Gasteiger partial charge >= 0.3 is 0 Å². The average molecular weight is 281 g/mol. The molecule has 2 aromatic rings. The first-order chi connectivity index (χ1) is 10.2. The number of nitrogen functional groups attached to an aromatic ring is 1. The first-order valence-electron chi connectivity index (χ1n) is 6.41. The molecule has 2 rings (SSSR count). The Kier molecular flexibility index (Phi) is 4.78. The predicted octanol–water partition coefficient (Wildman–Crippen LogP) is 2.35. The van der Waals surface area contributed by atoms with E-state index in [1.807, 2.05) is 0 Å². The molecule has 3 N–H and O–H groups in total. The van der Waals surface area contributed by atoms with Gasteiger partial charge < -0.3 is 15.8 Å². The predicted molar refractivity (Wildman–Crippen MR) is 80.7 cm³/mol. The fourth-order valence-electron chi connectivity index (χ4n) is 1.71. The topological polar surface area (TPSA) is 88.1 Å². The van der Waals surface area contributed by atoms with E-state index in [2.05, 4.69) is 11.4 Å². The van der Waals surface area contributed by atoms with Crippen molar-refractivity contribution in [3.05, 3.63) is 54.1 Å². The Morgan fingerprint density at radius 1 is 1.14 bits per heavy atom. The number of hydrogen-bond acceptors (Lipinski definition) is 4. The van der Waals surface area contributed by atoms with Crippen molar-refractivity contribution < 1.29 is 9.53 Å². The Labute approximate surface area is 123 Å². The van der Waals surface area contributed by atoms with Gasteiger partial charge in [0.25, 0.3) is 5.91 Å². The summed E-state index contributed by atoms with van der Waals surface area (Å²) in [6.07, 6.45) is 0.356. The lowest BCUT2D eigenvalue weighted by molar-refractivity contribution is -0.118. The van der Waals surface area contributed by atoms with Crippen LogP contribution in [0.15, 0.2) is 48.5 Å². The molecule has 106 valence electrons. The van der Waals surface area contributed by atoms with Crippen LogP contribution in [-0.2, 0) is 11.2 Å². The number of ether oxygens (including phenoxy) is 1. The van der Waals surface area contributed by atoms with Gasteiger partial charge in [0.1, 0.15) is 5.75 Å². The highest BCUT2D eigenvalue weighted by molar-refractivity contribution is 5.91. The summed E-state index contributed by atoms with van der Waals surface area (Å²) >= 11 is 0. The number of amides is 1. The largest absolute Gasteiger partial charge is 0.484 e. The van der Waals surface area contributed by atoms with Gasteiger partial charge in [-0.3, -0.25) is 4.79 Å². The number of rotatable bonds is 5. The zero-order chi connectivity index (χ0) is 15.1. The maximum Gasteiger partial charge on any atom is 0.262 e. The van der Waals surface area contributed by atoms with Crippen LogP contribution < -0.4 is 15.8 Å². The smallest absolute Gasteiger partial charge is 0.262 e. The Morgan fingerprint density at radius 2 is 1.81 bits per heavy atom. The second-order valence-corrected chi connectivity index (χ2v) is 4.44. The van der Waals surface area contributed by atoms with Gasteiger partial charge in [0.05, 0.1) is 12.5 Å². The molecule has 21 heavy (non-hydrogen) atoms. The second kappa shape index (κ2) is 6.96. The number of anilines is 2. The van der Waals surface area contributed by atoms with E-state index >= 15 is 0 Å². The van der Waals surface area contributed by atoms with Gasteiger partial charge in [-0.05, 0) is 42.0 Å². The fourth-order valence-corrected chi connectivity index (χ4v) is 1.71. The lowest BCUT2D eigenvalue weighted by atomic mass is 10.1. The molecule has 5 heteroatoms. The molecule has 1 amide bonds. The third kappa shape index (κ3) is 4.55. The summed E-state index contributed by atoms with van der Waals surface area (Å²) in [5, 5.41) is 11.3. The van der Waals surface area contributed by atoms with E-state index in [0.717, 1.165) is 5.56 Å². The van der Waals surface area contributed by atoms with E-state index in [1.54, 1.807) is 48.5 Å². The molecule has 5 nitrogen and oxygen atoms in total. The Balaban J connectivity index is 1.84. The highest BCUT2D eigenvalue weighted by atomic mass is 16.5. The van der Waals surface area contributed by atoms with Gasteiger partial charge in [-0.1, -0.05) is 12.1 Å². The SMILES string of the molecule is N#CCc1ccc(NC(=O)COc2ccc(N)cc2)cc1. The van der Waals surface area contributed by atoms with E-state index in [1.165, 1.54) is 0 Å². The Morgan fingerprint density at radius 3 is 2.43 bits per heavy atom. The molecule has 0 heterocycles. The molecule has 0 saturated heterocycles. The van der Waals surface area contributed by atoms with Crippen molar-refractivity contribution in [3.8, 4) is 11.8 Å². The van der Waals surface area contributed by atoms with Crippen LogP contribution in [0.2, 0.25) is 0 Å². The minimum absolute atomic E-state index is 0.0795. The molecule has 0 aliphatic heterocycles. The second-order valence-electron chi connectivity index (χ2n) is 4.44. The van der Waals surface area contributed by atoms with Gasteiger partial charge in [-0.25, -0.2) is 0 Å². The molecule has 0 aliphatic carbocycles. The maximum absolute atomic E-state index is 11.8. The lowest BCUT2D eigenvalue weighted by Gasteiger charge is -2.08. The number of carbonyl (C=O) groups is 1. The van der Waals surface area contributed by atoms with Crippen LogP contribution in [0.4, 0.5) is 11.4 Å². The minimum Gasteiger partial charge on any atom is -0.484 e. The van der Waals surface area contributed by atoms with Crippen molar-refractivity contribution in [1.82, 2.24) is 0 Å². The molecule has 0 fully saturated rings. The summed E-state index contributed by atoms with van der Waals surface area (Å²) in [6.45, 7) is -0.0795. The van der Waals surface area contributed by atoms with Gasteiger partial charge in [0.2, 0.25) is 0 Å². The minimum atomic E-state index is -0.250. The summed E-state index contributed by atoms with van der Waals surface area (Å²) in [7, 11) is 0. The van der Waals surface area contributed by atoms with Gasteiger partial charge in [0.15, 0.2) is 6.61 Å². The summed E-state index contributed by atoms with van der Waals surface area (Å²) in [4.78, 5) is 11.8. The normalized spacial score (nSPS) is 9.67. The van der Waals surface area contributed by atoms with Crippen LogP contribution in [-0.4, -0.2) is 12.5 Å². The van der Waals surface area contributed by atoms with Crippen molar-refractivity contribution in [3.63, 3.8) is 0 Å². The third-order valence-electron chi connectivity index (χ3n) is 2.77. The van der Waals surface area contributed by atoms with Crippen molar-refractivity contribution in [2.24, 2.45) is 0 Å². The molecular weight excluding hydrogens is 266 g/mol. The number of nitriles is 1. The number of nitrogens with two attached hydrogens (primary N) is 1. The van der Waals surface area contributed by atoms with Gasteiger partial charge in [0, 0.05) is 11.4 Å². The van der Waals surface area contributed by atoms with E-state index in [4.69, 9.17) is 15.7 Å². The molecule has 0 aliphatic rings. The summed E-state index contributed by atoms with van der Waals surface area (Å²) < 4.78 is 5.35. The number of carbonyl (C=O) groups excluding carboxylic acids is 1. The first kappa shape index (κ1) is 14.4. The fraction of sp³-hybridized carbons (Fsp3) is 0.125. The zero-order valence-electron chi connectivity index (χ0n) is 11.4. The molecule has 2 aromatic carbocycles. The quantitative estimate of drug-likeness (QED) is 0.823. The molecule has 0 saturated carbocycles. The van der Waals surface area contributed by atoms with Gasteiger partial charge in [-0.15, -0.1) is 0 Å². The Hall–Kier alpha value is -3.00. The van der Waals surface area contributed by atoms with Crippen LogP contribution in [0.5, 0.6) is 5.75 Å². The van der Waals surface area contributed by atoms with E-state index in [-0.39, 0.29) is 12.5 Å². The summed E-state index contributed by atoms with van der Waals surface area (Å²) in [5.41, 5.74) is 7.79. The molecule has 0 radical (unpaired) electrons. The molecular formula is C16H15N3O2. The monoisotopic (exact) mass is 281 g/mol. The molecule has 0 spiro atoms. The van der Waals surface area contributed by atoms with Crippen LogP contribution in [0.1, 0.15) is 5.56 Å². The molecule has 0 bridgehead atoms. The van der Waals surface area contributed by atoms with Crippen LogP contribution in [0.25, 0.3) is 0 Å². The summed E-state index contributed by atoms with van der Waals surface area (Å²) in [5.74, 6) is 0.337. The van der Waals surface area contributed by atoms with Crippen molar-refractivity contribution in [2.75, 3.05) is 17.7 Å². The zero-order valence-corrected chi connectivity index (χ0v) is 11.4. The van der Waals surface area contributed by atoms with Crippen LogP contribution in [0.3, 0.4) is 0 Å². The van der Waals surface area contributed by atoms with Crippen LogP contribution >= 0.6 is 0 Å². The number of hydrogen-bond donors (Lipinski definition) is 2. The highest BCUT2D eigenvalue weighted by Crippen LogP contribution is 2.13. The molecule has 0 aromatic heterocycles. The lowest BCUT2D eigenvalue weighted by Crippen LogP contribution is -2.20. The van der Waals surface area contributed by atoms with Gasteiger partial charge in [-0.2, -0.15) is 5.26 Å². The van der Waals surface area contributed by atoms with E-state index in [0.29, 0.717) is 23.5 Å². The summed E-state index contributed by atoms with van der Waals surface area (Å²) in [6, 6.07) is 16.0. The number of benzene rings is 2.